The van der Waals surface area contributed by atoms with Gasteiger partial charge in [-0.1, -0.05) is 0 Å². The number of hydrogen-bond acceptors (Lipinski definition) is 5. The Kier molecular flexibility index (Phi) is 3.67. The highest BCUT2D eigenvalue weighted by atomic mass is 32.2. The number of rotatable bonds is 2. The van der Waals surface area contributed by atoms with Crippen molar-refractivity contribution < 1.29 is 17.9 Å². The van der Waals surface area contributed by atoms with Crippen molar-refractivity contribution in [2.45, 2.75) is 0 Å². The second-order valence-electron chi connectivity index (χ2n) is 2.75. The maximum Gasteiger partial charge on any atom is 0.421 e. The molecule has 0 aliphatic carbocycles. The standard InChI is InChI=1S/C6H13N3O4S/c1-13-6(10)8-14(11,12)9-4-2-7-3-5-9/h7H,2-5H2,1H3,(H,8,10). The number of amides is 1. The van der Waals surface area contributed by atoms with Crippen molar-refractivity contribution in [2.75, 3.05) is 33.3 Å². The van der Waals surface area contributed by atoms with Crippen molar-refractivity contribution in [1.29, 1.82) is 0 Å². The van der Waals surface area contributed by atoms with Crippen molar-refractivity contribution in [3.05, 3.63) is 0 Å². The van der Waals surface area contributed by atoms with Crippen LogP contribution in [0, 0.1) is 0 Å². The third-order valence-corrected chi connectivity index (χ3v) is 3.28. The molecule has 0 aromatic heterocycles. The molecule has 1 amide bonds. The molecule has 14 heavy (non-hydrogen) atoms. The Bertz CT molecular complexity index is 296. The van der Waals surface area contributed by atoms with Gasteiger partial charge < -0.3 is 10.1 Å². The smallest absolute Gasteiger partial charge is 0.421 e. The van der Waals surface area contributed by atoms with Crippen LogP contribution in [-0.2, 0) is 14.9 Å². The highest BCUT2D eigenvalue weighted by Gasteiger charge is 2.25. The number of carbonyl (C=O) groups is 1. The number of nitrogens with zero attached hydrogens (tertiary/aromatic N) is 1. The molecule has 1 fully saturated rings. The van der Waals surface area contributed by atoms with E-state index in [2.05, 4.69) is 10.1 Å². The molecule has 1 saturated heterocycles. The molecule has 82 valence electrons. The van der Waals surface area contributed by atoms with E-state index in [0.29, 0.717) is 26.2 Å². The first-order valence-electron chi connectivity index (χ1n) is 4.13. The van der Waals surface area contributed by atoms with E-state index in [0.717, 1.165) is 7.11 Å². The Balaban J connectivity index is 2.59. The van der Waals surface area contributed by atoms with Crippen molar-refractivity contribution in [3.8, 4) is 0 Å². The molecular formula is C6H13N3O4S. The zero-order valence-electron chi connectivity index (χ0n) is 7.82. The SMILES string of the molecule is COC(=O)NS(=O)(=O)N1CCNCC1. The molecule has 0 aromatic rings. The molecule has 1 aliphatic heterocycles. The normalized spacial score (nSPS) is 18.9. The Morgan fingerprint density at radius 3 is 2.50 bits per heavy atom. The summed E-state index contributed by atoms with van der Waals surface area (Å²) in [7, 11) is -2.61. The second kappa shape index (κ2) is 4.58. The largest absolute Gasteiger partial charge is 0.452 e. The summed E-state index contributed by atoms with van der Waals surface area (Å²) in [6, 6.07) is 0. The summed E-state index contributed by atoms with van der Waals surface area (Å²) in [4.78, 5) is 10.7. The van der Waals surface area contributed by atoms with Crippen LogP contribution in [0.3, 0.4) is 0 Å². The highest BCUT2D eigenvalue weighted by Crippen LogP contribution is 1.99. The predicted molar refractivity (Wildman–Crippen MR) is 48.9 cm³/mol. The summed E-state index contributed by atoms with van der Waals surface area (Å²) >= 11 is 0. The molecule has 1 aliphatic rings. The topological polar surface area (TPSA) is 87.7 Å². The number of carbonyl (C=O) groups excluding carboxylic acids is 1. The monoisotopic (exact) mass is 223 g/mol. The van der Waals surface area contributed by atoms with E-state index in [-0.39, 0.29) is 0 Å². The van der Waals surface area contributed by atoms with Gasteiger partial charge in [-0.3, -0.25) is 0 Å². The Morgan fingerprint density at radius 2 is 2.00 bits per heavy atom. The van der Waals surface area contributed by atoms with E-state index in [4.69, 9.17) is 0 Å². The van der Waals surface area contributed by atoms with Crippen LogP contribution in [0.15, 0.2) is 0 Å². The van der Waals surface area contributed by atoms with E-state index in [1.807, 2.05) is 0 Å². The third-order valence-electron chi connectivity index (χ3n) is 1.81. The zero-order valence-corrected chi connectivity index (χ0v) is 8.63. The summed E-state index contributed by atoms with van der Waals surface area (Å²) in [6.07, 6.45) is -0.969. The molecule has 1 rings (SSSR count). The van der Waals surface area contributed by atoms with Gasteiger partial charge >= 0.3 is 16.3 Å². The van der Waals surface area contributed by atoms with Crippen molar-refractivity contribution in [3.63, 3.8) is 0 Å². The van der Waals surface area contributed by atoms with Gasteiger partial charge in [-0.25, -0.2) is 9.52 Å². The average Bonchev–Trinajstić information content (AvgIpc) is 2.18. The third kappa shape index (κ3) is 2.82. The van der Waals surface area contributed by atoms with Gasteiger partial charge in [0.1, 0.15) is 0 Å². The number of piperazine rings is 1. The molecule has 0 atom stereocenters. The number of ether oxygens (including phenoxy) is 1. The zero-order chi connectivity index (χ0) is 10.6. The molecule has 8 heteroatoms. The van der Waals surface area contributed by atoms with Crippen molar-refractivity contribution in [2.24, 2.45) is 0 Å². The fourth-order valence-electron chi connectivity index (χ4n) is 1.10. The molecule has 7 nitrogen and oxygen atoms in total. The fraction of sp³-hybridized carbons (Fsp3) is 0.833. The number of hydrogen-bond donors (Lipinski definition) is 2. The van der Waals surface area contributed by atoms with Crippen LogP contribution in [0.25, 0.3) is 0 Å². The molecule has 0 saturated carbocycles. The number of nitrogens with one attached hydrogen (secondary N) is 2. The Morgan fingerprint density at radius 1 is 1.43 bits per heavy atom. The minimum atomic E-state index is -3.73. The van der Waals surface area contributed by atoms with Crippen LogP contribution < -0.4 is 10.0 Å². The van der Waals surface area contributed by atoms with Crippen LogP contribution >= 0.6 is 0 Å². The van der Waals surface area contributed by atoms with Gasteiger partial charge in [0.15, 0.2) is 0 Å². The lowest BCUT2D eigenvalue weighted by atomic mass is 10.4. The minimum Gasteiger partial charge on any atom is -0.452 e. The predicted octanol–water partition coefficient (Wildman–Crippen LogP) is -1.51. The summed E-state index contributed by atoms with van der Waals surface area (Å²) in [5, 5.41) is 3.00. The summed E-state index contributed by atoms with van der Waals surface area (Å²) in [6.45, 7) is 1.88. The molecular weight excluding hydrogens is 210 g/mol. The summed E-state index contributed by atoms with van der Waals surface area (Å²) < 4.78 is 30.1. The van der Waals surface area contributed by atoms with Crippen LogP contribution in [0.4, 0.5) is 4.79 Å². The minimum absolute atomic E-state index is 0.353. The van der Waals surface area contributed by atoms with Gasteiger partial charge in [-0.2, -0.15) is 12.7 Å². The first-order chi connectivity index (χ1) is 6.56. The molecule has 2 N–H and O–H groups in total. The van der Waals surface area contributed by atoms with Crippen LogP contribution in [0.5, 0.6) is 0 Å². The number of methoxy groups -OCH3 is 1. The van der Waals surface area contributed by atoms with Crippen LogP contribution in [0.2, 0.25) is 0 Å². The maximum atomic E-state index is 11.4. The first kappa shape index (κ1) is 11.2. The second-order valence-corrected chi connectivity index (χ2v) is 4.42. The van der Waals surface area contributed by atoms with Gasteiger partial charge in [0.2, 0.25) is 0 Å². The lowest BCUT2D eigenvalue weighted by molar-refractivity contribution is 0.176. The van der Waals surface area contributed by atoms with E-state index in [9.17, 15) is 13.2 Å². The summed E-state index contributed by atoms with van der Waals surface area (Å²) in [5.74, 6) is 0. The first-order valence-corrected chi connectivity index (χ1v) is 5.57. The molecule has 0 bridgehead atoms. The van der Waals surface area contributed by atoms with Gasteiger partial charge in [0.05, 0.1) is 7.11 Å². The van der Waals surface area contributed by atoms with Crippen LogP contribution in [0.1, 0.15) is 0 Å². The lowest BCUT2D eigenvalue weighted by Gasteiger charge is -2.25. The molecule has 0 radical (unpaired) electrons. The Labute approximate surface area is 82.6 Å². The van der Waals surface area contributed by atoms with E-state index >= 15 is 0 Å². The molecule has 0 spiro atoms. The van der Waals surface area contributed by atoms with Gasteiger partial charge in [-0.15, -0.1) is 0 Å². The van der Waals surface area contributed by atoms with Gasteiger partial charge in [0.25, 0.3) is 0 Å². The molecule has 0 aromatic carbocycles. The van der Waals surface area contributed by atoms with Crippen molar-refractivity contribution >= 4 is 16.3 Å². The molecule has 1 heterocycles. The van der Waals surface area contributed by atoms with Gasteiger partial charge in [-0.05, 0) is 0 Å². The van der Waals surface area contributed by atoms with E-state index < -0.39 is 16.3 Å². The summed E-state index contributed by atoms with van der Waals surface area (Å²) in [5.41, 5.74) is 0. The highest BCUT2D eigenvalue weighted by molar-refractivity contribution is 7.87. The van der Waals surface area contributed by atoms with E-state index in [1.54, 1.807) is 4.72 Å². The Hall–Kier alpha value is -0.860. The quantitative estimate of drug-likeness (QED) is 0.594. The van der Waals surface area contributed by atoms with Crippen molar-refractivity contribution in [1.82, 2.24) is 14.3 Å². The average molecular weight is 223 g/mol. The molecule has 0 unspecified atom stereocenters. The lowest BCUT2D eigenvalue weighted by Crippen LogP contribution is -2.51. The maximum absolute atomic E-state index is 11.4. The van der Waals surface area contributed by atoms with E-state index in [1.165, 1.54) is 4.31 Å². The van der Waals surface area contributed by atoms with Gasteiger partial charge in [0, 0.05) is 26.2 Å². The van der Waals surface area contributed by atoms with Crippen LogP contribution in [-0.4, -0.2) is 52.1 Å². The fourth-order valence-corrected chi connectivity index (χ4v) is 2.18.